The van der Waals surface area contributed by atoms with Crippen LogP contribution in [0, 0.1) is 0 Å². The van der Waals surface area contributed by atoms with Crippen molar-refractivity contribution in [1.82, 2.24) is 0 Å². The summed E-state index contributed by atoms with van der Waals surface area (Å²) in [5, 5.41) is 0. The first-order valence-electron chi connectivity index (χ1n) is 5.14. The van der Waals surface area contributed by atoms with E-state index in [0.717, 1.165) is 11.3 Å². The van der Waals surface area contributed by atoms with Crippen LogP contribution < -0.4 is 10.5 Å². The third kappa shape index (κ3) is 3.62. The van der Waals surface area contributed by atoms with Crippen LogP contribution in [0.2, 0.25) is 0 Å². The Morgan fingerprint density at radius 2 is 2.00 bits per heavy atom. The lowest BCUT2D eigenvalue weighted by molar-refractivity contribution is -0.118. The minimum absolute atomic E-state index is 0.165. The van der Waals surface area contributed by atoms with E-state index < -0.39 is 0 Å². The van der Waals surface area contributed by atoms with Gasteiger partial charge in [0.1, 0.15) is 5.75 Å². The Morgan fingerprint density at radius 1 is 1.40 bits per heavy atom. The van der Waals surface area contributed by atoms with Crippen molar-refractivity contribution in [2.45, 2.75) is 26.2 Å². The molecule has 0 spiro atoms. The van der Waals surface area contributed by atoms with Crippen molar-refractivity contribution in [3.63, 3.8) is 0 Å². The van der Waals surface area contributed by atoms with E-state index in [1.165, 1.54) is 0 Å². The molecule has 0 aromatic heterocycles. The molecule has 2 N–H and O–H groups in total. The molecule has 82 valence electrons. The molecule has 0 aliphatic heterocycles. The quantitative estimate of drug-likeness (QED) is 0.803. The van der Waals surface area contributed by atoms with E-state index in [2.05, 4.69) is 0 Å². The van der Waals surface area contributed by atoms with Crippen molar-refractivity contribution in [3.05, 3.63) is 29.8 Å². The molecular weight excluding hydrogens is 190 g/mol. The second kappa shape index (κ2) is 5.39. The summed E-state index contributed by atoms with van der Waals surface area (Å²) in [4.78, 5) is 10.8. The Bertz CT molecular complexity index is 319. The molecule has 1 amide bonds. The minimum atomic E-state index is -0.267. The maximum atomic E-state index is 10.8. The summed E-state index contributed by atoms with van der Waals surface area (Å²) in [6.07, 6.45) is 0.383. The highest BCUT2D eigenvalue weighted by Gasteiger charge is 2.08. The average Bonchev–Trinajstić information content (AvgIpc) is 2.18. The molecule has 0 saturated carbocycles. The summed E-state index contributed by atoms with van der Waals surface area (Å²) in [6.45, 7) is 4.60. The van der Waals surface area contributed by atoms with Crippen LogP contribution in [0.5, 0.6) is 5.75 Å². The lowest BCUT2D eigenvalue weighted by Crippen LogP contribution is -2.13. The SMILES string of the molecule is CCOc1ccc(C(C)CC(N)=O)cc1. The summed E-state index contributed by atoms with van der Waals surface area (Å²) in [7, 11) is 0. The molecular formula is C12H17NO2. The zero-order valence-corrected chi connectivity index (χ0v) is 9.19. The van der Waals surface area contributed by atoms with Crippen molar-refractivity contribution < 1.29 is 9.53 Å². The van der Waals surface area contributed by atoms with Gasteiger partial charge in [0.25, 0.3) is 0 Å². The fourth-order valence-electron chi connectivity index (χ4n) is 1.48. The van der Waals surface area contributed by atoms with Crippen molar-refractivity contribution in [2.24, 2.45) is 5.73 Å². The first kappa shape index (κ1) is 11.6. The molecule has 3 nitrogen and oxygen atoms in total. The summed E-state index contributed by atoms with van der Waals surface area (Å²) in [6, 6.07) is 7.77. The van der Waals surface area contributed by atoms with Crippen LogP contribution in [0.4, 0.5) is 0 Å². The van der Waals surface area contributed by atoms with Crippen LogP contribution in [0.3, 0.4) is 0 Å². The number of amides is 1. The van der Waals surface area contributed by atoms with Crippen LogP contribution in [-0.4, -0.2) is 12.5 Å². The number of hydrogen-bond acceptors (Lipinski definition) is 2. The first-order chi connectivity index (χ1) is 7.13. The standard InChI is InChI=1S/C12H17NO2/c1-3-15-11-6-4-10(5-7-11)9(2)8-12(13)14/h4-7,9H,3,8H2,1-2H3,(H2,13,14). The molecule has 1 atom stereocenters. The van der Waals surface area contributed by atoms with Gasteiger partial charge >= 0.3 is 0 Å². The van der Waals surface area contributed by atoms with E-state index >= 15 is 0 Å². The molecule has 0 saturated heterocycles. The number of rotatable bonds is 5. The van der Waals surface area contributed by atoms with E-state index in [-0.39, 0.29) is 11.8 Å². The van der Waals surface area contributed by atoms with E-state index in [0.29, 0.717) is 13.0 Å². The number of primary amides is 1. The van der Waals surface area contributed by atoms with E-state index in [9.17, 15) is 4.79 Å². The maximum Gasteiger partial charge on any atom is 0.218 e. The van der Waals surface area contributed by atoms with Crippen LogP contribution in [-0.2, 0) is 4.79 Å². The number of nitrogens with two attached hydrogens (primary N) is 1. The number of carbonyl (C=O) groups is 1. The highest BCUT2D eigenvalue weighted by atomic mass is 16.5. The lowest BCUT2D eigenvalue weighted by Gasteiger charge is -2.10. The van der Waals surface area contributed by atoms with Gasteiger partial charge in [-0.2, -0.15) is 0 Å². The van der Waals surface area contributed by atoms with Gasteiger partial charge in [0.15, 0.2) is 0 Å². The highest BCUT2D eigenvalue weighted by molar-refractivity contribution is 5.74. The highest BCUT2D eigenvalue weighted by Crippen LogP contribution is 2.21. The van der Waals surface area contributed by atoms with Crippen molar-refractivity contribution in [1.29, 1.82) is 0 Å². The normalized spacial score (nSPS) is 12.1. The van der Waals surface area contributed by atoms with E-state index in [1.807, 2.05) is 38.1 Å². The molecule has 0 fully saturated rings. The molecule has 3 heteroatoms. The van der Waals surface area contributed by atoms with Gasteiger partial charge in [0.2, 0.25) is 5.91 Å². The van der Waals surface area contributed by atoms with Gasteiger partial charge in [0, 0.05) is 6.42 Å². The summed E-state index contributed by atoms with van der Waals surface area (Å²) in [5.74, 6) is 0.752. The van der Waals surface area contributed by atoms with Gasteiger partial charge in [-0.15, -0.1) is 0 Å². The molecule has 0 heterocycles. The fourth-order valence-corrected chi connectivity index (χ4v) is 1.48. The molecule has 1 aromatic carbocycles. The van der Waals surface area contributed by atoms with Crippen LogP contribution in [0.15, 0.2) is 24.3 Å². The molecule has 1 aromatic rings. The Morgan fingerprint density at radius 3 is 2.47 bits per heavy atom. The Hall–Kier alpha value is -1.51. The van der Waals surface area contributed by atoms with Crippen molar-refractivity contribution in [3.8, 4) is 5.75 Å². The Labute approximate surface area is 90.2 Å². The van der Waals surface area contributed by atoms with Gasteiger partial charge < -0.3 is 10.5 Å². The smallest absolute Gasteiger partial charge is 0.218 e. The average molecular weight is 207 g/mol. The van der Waals surface area contributed by atoms with Crippen molar-refractivity contribution in [2.75, 3.05) is 6.61 Å². The molecule has 1 unspecified atom stereocenters. The zero-order valence-electron chi connectivity index (χ0n) is 9.19. The third-order valence-corrected chi connectivity index (χ3v) is 2.27. The van der Waals surface area contributed by atoms with Gasteiger partial charge in [-0.05, 0) is 30.5 Å². The number of ether oxygens (including phenoxy) is 1. The summed E-state index contributed by atoms with van der Waals surface area (Å²) >= 11 is 0. The number of hydrogen-bond donors (Lipinski definition) is 1. The number of benzene rings is 1. The molecule has 0 aliphatic rings. The second-order valence-corrected chi connectivity index (χ2v) is 3.57. The Kier molecular flexibility index (Phi) is 4.16. The predicted octanol–water partition coefficient (Wildman–Crippen LogP) is 2.06. The molecule has 1 rings (SSSR count). The number of carbonyl (C=O) groups excluding carboxylic acids is 1. The van der Waals surface area contributed by atoms with Gasteiger partial charge in [-0.25, -0.2) is 0 Å². The second-order valence-electron chi connectivity index (χ2n) is 3.57. The maximum absolute atomic E-state index is 10.8. The van der Waals surface area contributed by atoms with Crippen molar-refractivity contribution >= 4 is 5.91 Å². The topological polar surface area (TPSA) is 52.3 Å². The van der Waals surface area contributed by atoms with Crippen LogP contribution in [0.25, 0.3) is 0 Å². The largest absolute Gasteiger partial charge is 0.494 e. The monoisotopic (exact) mass is 207 g/mol. The molecule has 0 aliphatic carbocycles. The van der Waals surface area contributed by atoms with E-state index in [4.69, 9.17) is 10.5 Å². The summed E-state index contributed by atoms with van der Waals surface area (Å²) < 4.78 is 5.33. The van der Waals surface area contributed by atoms with Gasteiger partial charge in [0.05, 0.1) is 6.61 Å². The Balaban J connectivity index is 2.66. The lowest BCUT2D eigenvalue weighted by atomic mass is 9.97. The first-order valence-corrected chi connectivity index (χ1v) is 5.14. The molecule has 15 heavy (non-hydrogen) atoms. The fraction of sp³-hybridized carbons (Fsp3) is 0.417. The van der Waals surface area contributed by atoms with Crippen LogP contribution >= 0.6 is 0 Å². The van der Waals surface area contributed by atoms with Gasteiger partial charge in [-0.1, -0.05) is 19.1 Å². The van der Waals surface area contributed by atoms with E-state index in [1.54, 1.807) is 0 Å². The molecule has 0 bridgehead atoms. The van der Waals surface area contributed by atoms with Gasteiger partial charge in [-0.3, -0.25) is 4.79 Å². The third-order valence-electron chi connectivity index (χ3n) is 2.27. The van der Waals surface area contributed by atoms with Crippen LogP contribution in [0.1, 0.15) is 31.7 Å². The minimum Gasteiger partial charge on any atom is -0.494 e. The molecule has 0 radical (unpaired) electrons. The zero-order chi connectivity index (χ0) is 11.3. The summed E-state index contributed by atoms with van der Waals surface area (Å²) in [5.41, 5.74) is 6.25. The predicted molar refractivity (Wildman–Crippen MR) is 59.8 cm³/mol.